The number of hydrogen-bond donors (Lipinski definition) is 0. The van der Waals surface area contributed by atoms with Crippen LogP contribution in [0.3, 0.4) is 0 Å². The molecule has 0 fully saturated rings. The first-order valence-electron chi connectivity index (χ1n) is 19.4. The van der Waals surface area contributed by atoms with E-state index < -0.39 is 0 Å². The SMILES string of the molecule is c1ccc(-c2cccc(-c3nc(-c4cccc(-c5cccc(-c6cc7ccccc7c7ccccc67)c5)c4)nc4c3c3ccccc3n4-c3ccccc3)c2)cc1. The number of benzene rings is 9. The van der Waals surface area contributed by atoms with Gasteiger partial charge in [-0.1, -0.05) is 170 Å². The molecule has 0 atom stereocenters. The lowest BCUT2D eigenvalue weighted by atomic mass is 9.91. The van der Waals surface area contributed by atoms with Crippen molar-refractivity contribution in [2.45, 2.75) is 0 Å². The number of nitrogens with zero attached hydrogens (tertiary/aromatic N) is 3. The van der Waals surface area contributed by atoms with E-state index in [-0.39, 0.29) is 0 Å². The van der Waals surface area contributed by atoms with E-state index in [1.54, 1.807) is 0 Å². The van der Waals surface area contributed by atoms with E-state index in [4.69, 9.17) is 9.97 Å². The van der Waals surface area contributed by atoms with E-state index in [0.29, 0.717) is 5.82 Å². The number of fused-ring (bicyclic) bond motifs is 6. The van der Waals surface area contributed by atoms with Crippen molar-refractivity contribution in [3.05, 3.63) is 212 Å². The molecule has 0 bridgehead atoms. The van der Waals surface area contributed by atoms with Gasteiger partial charge in [-0.25, -0.2) is 9.97 Å². The Labute approximate surface area is 330 Å². The minimum atomic E-state index is 0.682. The van der Waals surface area contributed by atoms with Crippen molar-refractivity contribution >= 4 is 43.5 Å². The third kappa shape index (κ3) is 5.68. The average molecular weight is 726 g/mol. The maximum absolute atomic E-state index is 5.47. The highest BCUT2D eigenvalue weighted by Crippen LogP contribution is 2.40. The normalized spacial score (nSPS) is 11.5. The van der Waals surface area contributed by atoms with Crippen molar-refractivity contribution in [3.63, 3.8) is 0 Å². The molecule has 0 aliphatic heterocycles. The van der Waals surface area contributed by atoms with Crippen LogP contribution in [-0.4, -0.2) is 14.5 Å². The predicted octanol–water partition coefficient (Wildman–Crippen LogP) is 14.2. The van der Waals surface area contributed by atoms with Gasteiger partial charge in [0, 0.05) is 22.2 Å². The predicted molar refractivity (Wildman–Crippen MR) is 239 cm³/mol. The fourth-order valence-electron chi connectivity index (χ4n) is 8.50. The van der Waals surface area contributed by atoms with Crippen molar-refractivity contribution in [1.29, 1.82) is 0 Å². The smallest absolute Gasteiger partial charge is 0.162 e. The molecule has 0 aliphatic carbocycles. The summed E-state index contributed by atoms with van der Waals surface area (Å²) >= 11 is 0. The third-order valence-corrected chi connectivity index (χ3v) is 11.2. The minimum Gasteiger partial charge on any atom is -0.294 e. The zero-order valence-corrected chi connectivity index (χ0v) is 31.0. The maximum atomic E-state index is 5.47. The zero-order chi connectivity index (χ0) is 37.7. The largest absolute Gasteiger partial charge is 0.294 e. The van der Waals surface area contributed by atoms with E-state index in [1.165, 1.54) is 38.2 Å². The summed E-state index contributed by atoms with van der Waals surface area (Å²) in [6.07, 6.45) is 0. The number of hydrogen-bond acceptors (Lipinski definition) is 2. The molecule has 57 heavy (non-hydrogen) atoms. The van der Waals surface area contributed by atoms with Crippen LogP contribution in [0, 0.1) is 0 Å². The molecule has 266 valence electrons. The maximum Gasteiger partial charge on any atom is 0.162 e. The van der Waals surface area contributed by atoms with Gasteiger partial charge < -0.3 is 0 Å². The van der Waals surface area contributed by atoms with Crippen LogP contribution in [0.15, 0.2) is 212 Å². The highest BCUT2D eigenvalue weighted by atomic mass is 15.1. The monoisotopic (exact) mass is 725 g/mol. The molecule has 3 nitrogen and oxygen atoms in total. The molecular formula is C54H35N3. The molecule has 3 heteroatoms. The van der Waals surface area contributed by atoms with Gasteiger partial charge in [0.05, 0.1) is 16.6 Å². The van der Waals surface area contributed by atoms with Crippen molar-refractivity contribution in [1.82, 2.24) is 14.5 Å². The van der Waals surface area contributed by atoms with Crippen LogP contribution in [0.4, 0.5) is 0 Å². The number of aromatic nitrogens is 3. The summed E-state index contributed by atoms with van der Waals surface area (Å²) in [4.78, 5) is 10.9. The Morgan fingerprint density at radius 2 is 0.860 bits per heavy atom. The molecule has 2 heterocycles. The molecular weight excluding hydrogens is 691 g/mol. The van der Waals surface area contributed by atoms with Gasteiger partial charge in [0.15, 0.2) is 5.82 Å². The molecule has 0 saturated heterocycles. The van der Waals surface area contributed by atoms with Crippen molar-refractivity contribution in [2.24, 2.45) is 0 Å². The standard InChI is InChI=1S/C54H35N3/c1-3-16-36(17-4-1)37-19-14-23-42(33-37)52-51-48-30-11-12-31-50(48)57(44-25-5-2-6-26-44)54(51)56-53(55-52)43-24-15-21-39(34-43)38-20-13-22-40(32-38)49-35-41-18-7-8-27-45(41)46-28-9-10-29-47(46)49/h1-35H. The molecule has 0 spiro atoms. The molecule has 0 N–H and O–H groups in total. The summed E-state index contributed by atoms with van der Waals surface area (Å²) in [5, 5.41) is 7.19. The Balaban J connectivity index is 1.10. The zero-order valence-electron chi connectivity index (χ0n) is 31.0. The van der Waals surface area contributed by atoms with Crippen LogP contribution in [0.5, 0.6) is 0 Å². The van der Waals surface area contributed by atoms with Crippen LogP contribution in [0.2, 0.25) is 0 Å². The summed E-state index contributed by atoms with van der Waals surface area (Å²) in [6.45, 7) is 0. The lowest BCUT2D eigenvalue weighted by molar-refractivity contribution is 1.11. The fourth-order valence-corrected chi connectivity index (χ4v) is 8.50. The molecule has 2 aromatic heterocycles. The van der Waals surface area contributed by atoms with Crippen LogP contribution in [0.1, 0.15) is 0 Å². The van der Waals surface area contributed by atoms with Crippen molar-refractivity contribution in [3.8, 4) is 61.7 Å². The van der Waals surface area contributed by atoms with E-state index in [1.807, 2.05) is 0 Å². The fraction of sp³-hybridized carbons (Fsp3) is 0. The Hall–Kier alpha value is -7.62. The molecule has 11 aromatic rings. The molecule has 0 amide bonds. The van der Waals surface area contributed by atoms with E-state index in [0.717, 1.165) is 61.1 Å². The molecule has 0 saturated carbocycles. The van der Waals surface area contributed by atoms with Gasteiger partial charge >= 0.3 is 0 Å². The number of para-hydroxylation sites is 2. The molecule has 9 aromatic carbocycles. The lowest BCUT2D eigenvalue weighted by Crippen LogP contribution is -1.99. The topological polar surface area (TPSA) is 30.7 Å². The van der Waals surface area contributed by atoms with Gasteiger partial charge in [0.25, 0.3) is 0 Å². The Morgan fingerprint density at radius 3 is 1.63 bits per heavy atom. The second-order valence-electron chi connectivity index (χ2n) is 14.6. The molecule has 0 radical (unpaired) electrons. The quantitative estimate of drug-likeness (QED) is 0.160. The first-order chi connectivity index (χ1) is 28.3. The second kappa shape index (κ2) is 13.6. The van der Waals surface area contributed by atoms with Gasteiger partial charge in [0.2, 0.25) is 0 Å². The van der Waals surface area contributed by atoms with Crippen LogP contribution < -0.4 is 0 Å². The average Bonchev–Trinajstić information content (AvgIpc) is 3.63. The third-order valence-electron chi connectivity index (χ3n) is 11.2. The summed E-state index contributed by atoms with van der Waals surface area (Å²) in [5.74, 6) is 0.682. The van der Waals surface area contributed by atoms with Crippen LogP contribution in [0.25, 0.3) is 105 Å². The van der Waals surface area contributed by atoms with E-state index in [9.17, 15) is 0 Å². The Kier molecular flexibility index (Phi) is 7.82. The Bertz CT molecular complexity index is 3290. The van der Waals surface area contributed by atoms with E-state index >= 15 is 0 Å². The Morgan fingerprint density at radius 1 is 0.333 bits per heavy atom. The molecule has 0 aliphatic rings. The summed E-state index contributed by atoms with van der Waals surface area (Å²) in [5.41, 5.74) is 12.9. The summed E-state index contributed by atoms with van der Waals surface area (Å²) in [6, 6.07) is 75.7. The highest BCUT2D eigenvalue weighted by molar-refractivity contribution is 6.15. The van der Waals surface area contributed by atoms with Crippen LogP contribution in [-0.2, 0) is 0 Å². The first-order valence-corrected chi connectivity index (χ1v) is 19.4. The van der Waals surface area contributed by atoms with Gasteiger partial charge in [-0.3, -0.25) is 4.57 Å². The van der Waals surface area contributed by atoms with Crippen molar-refractivity contribution in [2.75, 3.05) is 0 Å². The lowest BCUT2D eigenvalue weighted by Gasteiger charge is -2.13. The van der Waals surface area contributed by atoms with Gasteiger partial charge in [-0.2, -0.15) is 0 Å². The van der Waals surface area contributed by atoms with Gasteiger partial charge in [-0.05, 0) is 97.4 Å². The number of rotatable bonds is 6. The summed E-state index contributed by atoms with van der Waals surface area (Å²) in [7, 11) is 0. The van der Waals surface area contributed by atoms with E-state index in [2.05, 4.69) is 217 Å². The van der Waals surface area contributed by atoms with Crippen LogP contribution >= 0.6 is 0 Å². The van der Waals surface area contributed by atoms with Crippen molar-refractivity contribution < 1.29 is 0 Å². The van der Waals surface area contributed by atoms with Gasteiger partial charge in [0.1, 0.15) is 5.65 Å². The first kappa shape index (κ1) is 32.8. The second-order valence-corrected chi connectivity index (χ2v) is 14.6. The summed E-state index contributed by atoms with van der Waals surface area (Å²) < 4.78 is 2.28. The highest BCUT2D eigenvalue weighted by Gasteiger charge is 2.21. The molecule has 11 rings (SSSR count). The van der Waals surface area contributed by atoms with Gasteiger partial charge in [-0.15, -0.1) is 0 Å². The molecule has 0 unspecified atom stereocenters. The minimum absolute atomic E-state index is 0.682.